The number of anilines is 1. The van der Waals surface area contributed by atoms with Crippen molar-refractivity contribution in [3.63, 3.8) is 0 Å². The summed E-state index contributed by atoms with van der Waals surface area (Å²) in [5.74, 6) is 1.88. The van der Waals surface area contributed by atoms with Gasteiger partial charge in [0.05, 0.1) is 0 Å². The molecule has 16 heavy (non-hydrogen) atoms. The van der Waals surface area contributed by atoms with Gasteiger partial charge in [-0.3, -0.25) is 0 Å². The Balaban J connectivity index is 2.30. The van der Waals surface area contributed by atoms with Gasteiger partial charge in [0, 0.05) is 30.4 Å². The van der Waals surface area contributed by atoms with E-state index in [1.807, 2.05) is 6.92 Å². The third-order valence-electron chi connectivity index (χ3n) is 3.35. The quantitative estimate of drug-likeness (QED) is 0.815. The van der Waals surface area contributed by atoms with Crippen molar-refractivity contribution in [1.29, 1.82) is 0 Å². The minimum absolute atomic E-state index is 0.264. The van der Waals surface area contributed by atoms with Crippen LogP contribution in [0.15, 0.2) is 6.07 Å². The lowest BCUT2D eigenvalue weighted by Gasteiger charge is -2.24. The van der Waals surface area contributed by atoms with Gasteiger partial charge in [-0.2, -0.15) is 0 Å². The monoisotopic (exact) mass is 220 g/mol. The fraction of sp³-hybridized carbons (Fsp3) is 0.667. The van der Waals surface area contributed by atoms with Crippen LogP contribution in [-0.2, 0) is 6.42 Å². The summed E-state index contributed by atoms with van der Waals surface area (Å²) in [5.41, 5.74) is 7.14. The Morgan fingerprint density at radius 2 is 2.25 bits per heavy atom. The normalized spacial score (nSPS) is 25.1. The summed E-state index contributed by atoms with van der Waals surface area (Å²) in [6.07, 6.45) is 2.00. The Kier molecular flexibility index (Phi) is 3.10. The number of aromatic nitrogens is 2. The van der Waals surface area contributed by atoms with E-state index in [0.717, 1.165) is 36.7 Å². The second-order valence-electron chi connectivity index (χ2n) is 4.50. The molecule has 1 aliphatic heterocycles. The fourth-order valence-corrected chi connectivity index (χ4v) is 2.23. The van der Waals surface area contributed by atoms with E-state index >= 15 is 0 Å². The lowest BCUT2D eigenvalue weighted by molar-refractivity contribution is 0.620. The smallest absolute Gasteiger partial charge is 0.132 e. The topological polar surface area (TPSA) is 55.0 Å². The van der Waals surface area contributed by atoms with E-state index in [9.17, 15) is 0 Å². The Bertz CT molecular complexity index is 377. The van der Waals surface area contributed by atoms with Gasteiger partial charge >= 0.3 is 0 Å². The maximum Gasteiger partial charge on any atom is 0.132 e. The highest BCUT2D eigenvalue weighted by atomic mass is 15.3. The maximum atomic E-state index is 6.03. The number of hydrogen-bond donors (Lipinski definition) is 1. The SMILES string of the molecule is CCc1cc(N2CCC(N)C2C)nc(C)n1. The number of nitrogens with two attached hydrogens (primary N) is 1. The molecule has 4 nitrogen and oxygen atoms in total. The summed E-state index contributed by atoms with van der Waals surface area (Å²) in [6.45, 7) is 7.23. The number of nitrogens with zero attached hydrogens (tertiary/aromatic N) is 3. The molecule has 1 aliphatic rings. The average Bonchev–Trinajstić information content (AvgIpc) is 2.59. The zero-order valence-electron chi connectivity index (χ0n) is 10.3. The largest absolute Gasteiger partial charge is 0.352 e. The molecule has 2 N–H and O–H groups in total. The van der Waals surface area contributed by atoms with Crippen molar-refractivity contribution in [3.05, 3.63) is 17.6 Å². The minimum atomic E-state index is 0.264. The molecule has 0 bridgehead atoms. The Labute approximate surface area is 96.9 Å². The minimum Gasteiger partial charge on any atom is -0.352 e. The second kappa shape index (κ2) is 4.37. The van der Waals surface area contributed by atoms with Crippen LogP contribution < -0.4 is 10.6 Å². The lowest BCUT2D eigenvalue weighted by atomic mass is 10.2. The summed E-state index contributed by atoms with van der Waals surface area (Å²) in [6, 6.07) is 2.72. The van der Waals surface area contributed by atoms with Gasteiger partial charge in [0.1, 0.15) is 11.6 Å². The van der Waals surface area contributed by atoms with Crippen molar-refractivity contribution in [2.24, 2.45) is 5.73 Å². The predicted octanol–water partition coefficient (Wildman–Crippen LogP) is 1.27. The van der Waals surface area contributed by atoms with Crippen LogP contribution in [0.1, 0.15) is 31.8 Å². The standard InChI is InChI=1S/C12H20N4/c1-4-10-7-12(15-9(3)14-10)16-6-5-11(13)8(16)2/h7-8,11H,4-6,13H2,1-3H3. The van der Waals surface area contributed by atoms with Gasteiger partial charge in [0.2, 0.25) is 0 Å². The van der Waals surface area contributed by atoms with Crippen LogP contribution in [0.25, 0.3) is 0 Å². The average molecular weight is 220 g/mol. The predicted molar refractivity (Wildman–Crippen MR) is 65.5 cm³/mol. The molecule has 2 heterocycles. The van der Waals surface area contributed by atoms with Gasteiger partial charge in [-0.1, -0.05) is 6.92 Å². The number of aryl methyl sites for hydroxylation is 2. The Morgan fingerprint density at radius 1 is 1.50 bits per heavy atom. The first-order valence-corrected chi connectivity index (χ1v) is 5.98. The third-order valence-corrected chi connectivity index (χ3v) is 3.35. The van der Waals surface area contributed by atoms with Crippen molar-refractivity contribution < 1.29 is 0 Å². The first-order chi connectivity index (χ1) is 7.61. The van der Waals surface area contributed by atoms with E-state index < -0.39 is 0 Å². The first-order valence-electron chi connectivity index (χ1n) is 5.98. The molecule has 1 saturated heterocycles. The van der Waals surface area contributed by atoms with Crippen LogP contribution in [0.4, 0.5) is 5.82 Å². The van der Waals surface area contributed by atoms with Gasteiger partial charge in [-0.25, -0.2) is 9.97 Å². The zero-order chi connectivity index (χ0) is 11.7. The van der Waals surface area contributed by atoms with E-state index in [1.165, 1.54) is 0 Å². The number of hydrogen-bond acceptors (Lipinski definition) is 4. The van der Waals surface area contributed by atoms with Crippen LogP contribution in [0.5, 0.6) is 0 Å². The van der Waals surface area contributed by atoms with E-state index in [1.54, 1.807) is 0 Å². The highest BCUT2D eigenvalue weighted by Gasteiger charge is 2.28. The Hall–Kier alpha value is -1.16. The van der Waals surface area contributed by atoms with E-state index in [4.69, 9.17) is 5.73 Å². The molecule has 0 amide bonds. The molecule has 0 spiro atoms. The molecule has 0 aliphatic carbocycles. The summed E-state index contributed by atoms with van der Waals surface area (Å²) in [5, 5.41) is 0. The van der Waals surface area contributed by atoms with Crippen molar-refractivity contribution >= 4 is 5.82 Å². The third kappa shape index (κ3) is 2.02. The molecular weight excluding hydrogens is 200 g/mol. The molecule has 0 aromatic carbocycles. The van der Waals surface area contributed by atoms with Crippen molar-refractivity contribution in [3.8, 4) is 0 Å². The second-order valence-corrected chi connectivity index (χ2v) is 4.50. The molecule has 1 aromatic heterocycles. The summed E-state index contributed by atoms with van der Waals surface area (Å²) < 4.78 is 0. The molecule has 2 atom stereocenters. The van der Waals surface area contributed by atoms with E-state index in [0.29, 0.717) is 6.04 Å². The van der Waals surface area contributed by atoms with Crippen molar-refractivity contribution in [2.45, 2.75) is 45.7 Å². The molecule has 1 fully saturated rings. The Morgan fingerprint density at radius 3 is 2.81 bits per heavy atom. The van der Waals surface area contributed by atoms with Gasteiger partial charge in [0.25, 0.3) is 0 Å². The first kappa shape index (κ1) is 11.3. The fourth-order valence-electron chi connectivity index (χ4n) is 2.23. The lowest BCUT2D eigenvalue weighted by Crippen LogP contribution is -2.37. The van der Waals surface area contributed by atoms with Crippen LogP contribution in [-0.4, -0.2) is 28.6 Å². The molecule has 4 heteroatoms. The van der Waals surface area contributed by atoms with Gasteiger partial charge in [0.15, 0.2) is 0 Å². The molecular formula is C12H20N4. The molecule has 0 saturated carbocycles. The van der Waals surface area contributed by atoms with Crippen LogP contribution >= 0.6 is 0 Å². The van der Waals surface area contributed by atoms with Crippen LogP contribution in [0.3, 0.4) is 0 Å². The van der Waals surface area contributed by atoms with E-state index in [-0.39, 0.29) is 6.04 Å². The van der Waals surface area contributed by atoms with Crippen LogP contribution in [0, 0.1) is 6.92 Å². The number of rotatable bonds is 2. The summed E-state index contributed by atoms with van der Waals surface area (Å²) >= 11 is 0. The summed E-state index contributed by atoms with van der Waals surface area (Å²) in [4.78, 5) is 11.2. The zero-order valence-corrected chi connectivity index (χ0v) is 10.3. The molecule has 88 valence electrons. The maximum absolute atomic E-state index is 6.03. The molecule has 2 rings (SSSR count). The van der Waals surface area contributed by atoms with E-state index in [2.05, 4.69) is 34.8 Å². The van der Waals surface area contributed by atoms with Crippen molar-refractivity contribution in [1.82, 2.24) is 9.97 Å². The highest BCUT2D eigenvalue weighted by molar-refractivity contribution is 5.43. The summed E-state index contributed by atoms with van der Waals surface area (Å²) in [7, 11) is 0. The van der Waals surface area contributed by atoms with Gasteiger partial charge < -0.3 is 10.6 Å². The molecule has 0 radical (unpaired) electrons. The van der Waals surface area contributed by atoms with Crippen LogP contribution in [0.2, 0.25) is 0 Å². The van der Waals surface area contributed by atoms with Gasteiger partial charge in [-0.15, -0.1) is 0 Å². The molecule has 1 aromatic rings. The van der Waals surface area contributed by atoms with Crippen molar-refractivity contribution in [2.75, 3.05) is 11.4 Å². The highest BCUT2D eigenvalue weighted by Crippen LogP contribution is 2.23. The van der Waals surface area contributed by atoms with Gasteiger partial charge in [-0.05, 0) is 26.7 Å². The molecule has 2 unspecified atom stereocenters.